The van der Waals surface area contributed by atoms with Gasteiger partial charge in [0, 0.05) is 19.5 Å². The quantitative estimate of drug-likeness (QED) is 0.876. The Balaban J connectivity index is 1.64. The van der Waals surface area contributed by atoms with Crippen LogP contribution in [0.15, 0.2) is 23.6 Å². The third-order valence-electron chi connectivity index (χ3n) is 3.75. The van der Waals surface area contributed by atoms with Crippen LogP contribution in [0.25, 0.3) is 0 Å². The lowest BCUT2D eigenvalue weighted by Gasteiger charge is -2.29. The predicted molar refractivity (Wildman–Crippen MR) is 97.3 cm³/mol. The van der Waals surface area contributed by atoms with Gasteiger partial charge in [-0.05, 0) is 24.6 Å². The van der Waals surface area contributed by atoms with Gasteiger partial charge >= 0.3 is 0 Å². The number of carbonyl (C=O) groups is 2. The van der Waals surface area contributed by atoms with E-state index in [0.29, 0.717) is 18.0 Å². The Bertz CT molecular complexity index is 803. The average Bonchev–Trinajstić information content (AvgIpc) is 3.05. The zero-order chi connectivity index (χ0) is 18.0. The Morgan fingerprint density at radius 3 is 2.96 bits per heavy atom. The predicted octanol–water partition coefficient (Wildman–Crippen LogP) is 1.56. The van der Waals surface area contributed by atoms with Gasteiger partial charge in [0.15, 0.2) is 11.7 Å². The molecule has 0 fully saturated rings. The molecule has 1 aliphatic heterocycles. The van der Waals surface area contributed by atoms with Crippen molar-refractivity contribution in [3.8, 4) is 5.75 Å². The Morgan fingerprint density at radius 2 is 2.24 bits per heavy atom. The van der Waals surface area contributed by atoms with Gasteiger partial charge in [-0.2, -0.15) is 0 Å². The van der Waals surface area contributed by atoms with Crippen molar-refractivity contribution in [3.63, 3.8) is 0 Å². The minimum atomic E-state index is -0.234. The van der Waals surface area contributed by atoms with Crippen LogP contribution < -0.4 is 19.9 Å². The molecule has 0 saturated heterocycles. The Morgan fingerprint density at radius 1 is 1.44 bits per heavy atom. The van der Waals surface area contributed by atoms with Crippen molar-refractivity contribution in [2.24, 2.45) is 0 Å². The molecule has 132 valence electrons. The molecular weight excluding hydrogens is 340 g/mol. The van der Waals surface area contributed by atoms with Gasteiger partial charge in [-0.1, -0.05) is 6.07 Å². The Hall–Kier alpha value is -2.61. The molecule has 1 aliphatic rings. The first kappa shape index (κ1) is 17.2. The number of anilines is 2. The molecule has 0 saturated carbocycles. The van der Waals surface area contributed by atoms with Gasteiger partial charge in [0.1, 0.15) is 12.3 Å². The van der Waals surface area contributed by atoms with Gasteiger partial charge in [-0.15, -0.1) is 11.3 Å². The molecule has 3 rings (SSSR count). The van der Waals surface area contributed by atoms with E-state index >= 15 is 0 Å². The summed E-state index contributed by atoms with van der Waals surface area (Å²) in [6.07, 6.45) is 0. The Kier molecular flexibility index (Phi) is 4.89. The van der Waals surface area contributed by atoms with Gasteiger partial charge in [0.25, 0.3) is 5.91 Å². The molecular formula is C17H20N4O3S. The van der Waals surface area contributed by atoms with Crippen molar-refractivity contribution in [2.75, 3.05) is 37.0 Å². The number of aryl methyl sites for hydroxylation is 1. The summed E-state index contributed by atoms with van der Waals surface area (Å²) in [5.74, 6) is 0.159. The van der Waals surface area contributed by atoms with E-state index in [1.54, 1.807) is 0 Å². The number of nitrogens with zero attached hydrogens (tertiary/aromatic N) is 3. The Labute approximate surface area is 150 Å². The van der Waals surface area contributed by atoms with E-state index in [0.717, 1.165) is 16.4 Å². The molecule has 1 aromatic heterocycles. The van der Waals surface area contributed by atoms with Gasteiger partial charge in [0.2, 0.25) is 5.91 Å². The lowest BCUT2D eigenvalue weighted by atomic mass is 10.1. The number of rotatable bonds is 5. The number of nitrogens with one attached hydrogen (secondary N) is 1. The summed E-state index contributed by atoms with van der Waals surface area (Å²) < 4.78 is 5.42. The highest BCUT2D eigenvalue weighted by molar-refractivity contribution is 7.13. The largest absolute Gasteiger partial charge is 0.482 e. The second kappa shape index (κ2) is 7.10. The third-order valence-corrected chi connectivity index (χ3v) is 4.81. The molecule has 2 aromatic rings. The second-order valence-corrected chi connectivity index (χ2v) is 6.87. The van der Waals surface area contributed by atoms with Crippen LogP contribution in [0, 0.1) is 6.92 Å². The van der Waals surface area contributed by atoms with E-state index in [-0.39, 0.29) is 25.0 Å². The van der Waals surface area contributed by atoms with Gasteiger partial charge in [-0.25, -0.2) is 4.98 Å². The zero-order valence-corrected chi connectivity index (χ0v) is 15.2. The monoisotopic (exact) mass is 360 g/mol. The summed E-state index contributed by atoms with van der Waals surface area (Å²) in [6, 6.07) is 5.58. The van der Waals surface area contributed by atoms with Crippen molar-refractivity contribution < 1.29 is 14.3 Å². The van der Waals surface area contributed by atoms with Crippen LogP contribution in [0.2, 0.25) is 0 Å². The first-order valence-corrected chi connectivity index (χ1v) is 8.74. The topological polar surface area (TPSA) is 74.8 Å². The highest BCUT2D eigenvalue weighted by Crippen LogP contribution is 2.32. The fraction of sp³-hybridized carbons (Fsp3) is 0.353. The minimum Gasteiger partial charge on any atom is -0.482 e. The number of ether oxygens (including phenoxy) is 1. The molecule has 1 aromatic carbocycles. The van der Waals surface area contributed by atoms with E-state index in [1.807, 2.05) is 49.5 Å². The van der Waals surface area contributed by atoms with Crippen LogP contribution in [-0.2, 0) is 16.1 Å². The van der Waals surface area contributed by atoms with E-state index in [9.17, 15) is 9.59 Å². The molecule has 25 heavy (non-hydrogen) atoms. The highest BCUT2D eigenvalue weighted by atomic mass is 32.1. The van der Waals surface area contributed by atoms with E-state index in [1.165, 1.54) is 16.2 Å². The first-order chi connectivity index (χ1) is 11.9. The number of carbonyl (C=O) groups excluding carboxylic acids is 2. The molecule has 7 nitrogen and oxygen atoms in total. The van der Waals surface area contributed by atoms with Crippen LogP contribution in [0.1, 0.15) is 11.3 Å². The van der Waals surface area contributed by atoms with Crippen molar-refractivity contribution in [3.05, 3.63) is 34.8 Å². The molecule has 0 aliphatic carbocycles. The molecule has 0 atom stereocenters. The normalized spacial score (nSPS) is 13.2. The maximum absolute atomic E-state index is 12.3. The van der Waals surface area contributed by atoms with Crippen LogP contribution in [0.3, 0.4) is 0 Å². The summed E-state index contributed by atoms with van der Waals surface area (Å²) in [7, 11) is 3.84. The molecule has 1 N–H and O–H groups in total. The lowest BCUT2D eigenvalue weighted by Crippen LogP contribution is -2.45. The number of hydrogen-bond acceptors (Lipinski definition) is 6. The fourth-order valence-corrected chi connectivity index (χ4v) is 3.22. The van der Waals surface area contributed by atoms with E-state index in [4.69, 9.17) is 4.74 Å². The van der Waals surface area contributed by atoms with Crippen LogP contribution >= 0.6 is 11.3 Å². The first-order valence-electron chi connectivity index (χ1n) is 7.86. The summed E-state index contributed by atoms with van der Waals surface area (Å²) in [5.41, 5.74) is 2.43. The van der Waals surface area contributed by atoms with Crippen molar-refractivity contribution >= 4 is 34.0 Å². The van der Waals surface area contributed by atoms with Crippen molar-refractivity contribution in [1.29, 1.82) is 0 Å². The summed E-state index contributed by atoms with van der Waals surface area (Å²) in [6.45, 7) is 2.18. The number of amides is 2. The smallest absolute Gasteiger partial charge is 0.265 e. The zero-order valence-electron chi connectivity index (χ0n) is 14.4. The van der Waals surface area contributed by atoms with E-state index < -0.39 is 0 Å². The number of aromatic nitrogens is 1. The number of thiazole rings is 1. The number of hydrogen-bond donors (Lipinski definition) is 1. The molecule has 0 radical (unpaired) electrons. The average molecular weight is 360 g/mol. The highest BCUT2D eigenvalue weighted by Gasteiger charge is 2.27. The van der Waals surface area contributed by atoms with Gasteiger partial charge < -0.3 is 15.0 Å². The molecule has 0 bridgehead atoms. The van der Waals surface area contributed by atoms with Crippen molar-refractivity contribution in [1.82, 2.24) is 10.3 Å². The van der Waals surface area contributed by atoms with E-state index in [2.05, 4.69) is 10.3 Å². The molecule has 2 heterocycles. The third kappa shape index (κ3) is 3.90. The summed E-state index contributed by atoms with van der Waals surface area (Å²) >= 11 is 1.52. The minimum absolute atomic E-state index is 0.0384. The SMILES string of the molecule is Cc1ccc2c(c1)N(CC(=O)NCc1csc(N(C)C)n1)C(=O)CO2. The fourth-order valence-electron chi connectivity index (χ4n) is 2.46. The number of fused-ring (bicyclic) bond motifs is 1. The lowest BCUT2D eigenvalue weighted by molar-refractivity contribution is -0.125. The number of benzene rings is 1. The van der Waals surface area contributed by atoms with Crippen LogP contribution in [0.4, 0.5) is 10.8 Å². The van der Waals surface area contributed by atoms with Crippen molar-refractivity contribution in [2.45, 2.75) is 13.5 Å². The maximum atomic E-state index is 12.3. The van der Waals surface area contributed by atoms with Crippen LogP contribution in [-0.4, -0.2) is 44.0 Å². The second-order valence-electron chi connectivity index (χ2n) is 6.03. The molecule has 2 amide bonds. The van der Waals surface area contributed by atoms with Crippen LogP contribution in [0.5, 0.6) is 5.75 Å². The summed E-state index contributed by atoms with van der Waals surface area (Å²) in [4.78, 5) is 32.3. The molecule has 0 unspecified atom stereocenters. The molecule has 8 heteroatoms. The standard InChI is InChI=1S/C17H20N4O3S/c1-11-4-5-14-13(6-11)21(16(23)9-24-14)8-15(22)18-7-12-10-25-17(19-12)20(2)3/h4-6,10H,7-9H2,1-3H3,(H,18,22). The molecule has 0 spiro atoms. The van der Waals surface area contributed by atoms with Gasteiger partial charge in [-0.3, -0.25) is 14.5 Å². The summed E-state index contributed by atoms with van der Waals surface area (Å²) in [5, 5.41) is 5.61. The maximum Gasteiger partial charge on any atom is 0.265 e. The van der Waals surface area contributed by atoms with Gasteiger partial charge in [0.05, 0.1) is 17.9 Å².